The summed E-state index contributed by atoms with van der Waals surface area (Å²) in [6.07, 6.45) is 2.66. The van der Waals surface area contributed by atoms with Gasteiger partial charge in [-0.25, -0.2) is 9.59 Å². The molecule has 1 aromatic carbocycles. The molecule has 6 N–H and O–H groups in total. The molecule has 0 aliphatic carbocycles. The van der Waals surface area contributed by atoms with Crippen molar-refractivity contribution >= 4 is 24.1 Å². The minimum Gasteiger partial charge on any atom is -0.504 e. The Morgan fingerprint density at radius 3 is 1.10 bits per heavy atom. The van der Waals surface area contributed by atoms with Crippen LogP contribution < -0.4 is 0 Å². The maximum absolute atomic E-state index is 10.4. The van der Waals surface area contributed by atoms with Crippen molar-refractivity contribution < 1.29 is 40.2 Å². The summed E-state index contributed by atoms with van der Waals surface area (Å²) in [6, 6.07) is 0. The number of aromatic hydroxyl groups is 4. The summed E-state index contributed by atoms with van der Waals surface area (Å²) < 4.78 is 0. The molecule has 1 aromatic rings. The van der Waals surface area contributed by atoms with Gasteiger partial charge in [0.25, 0.3) is 0 Å². The van der Waals surface area contributed by atoms with Gasteiger partial charge in [0.1, 0.15) is 0 Å². The smallest absolute Gasteiger partial charge is 0.328 e. The summed E-state index contributed by atoms with van der Waals surface area (Å²) in [4.78, 5) is 20.7. The first-order valence-electron chi connectivity index (χ1n) is 5.07. The standard InChI is InChI=1S/C12H10O8/c13-7(14)3-1-5-9(17)11(19)6(2-4-8(15)16)12(20)10(5)18/h1-4,17-20H,(H,13,14)(H,15,16)/b3-1+,4-2+. The maximum Gasteiger partial charge on any atom is 0.328 e. The number of hydrogen-bond acceptors (Lipinski definition) is 6. The first-order chi connectivity index (χ1) is 9.25. The van der Waals surface area contributed by atoms with Gasteiger partial charge in [-0.1, -0.05) is 0 Å². The second-order valence-electron chi connectivity index (χ2n) is 3.56. The van der Waals surface area contributed by atoms with E-state index in [1.807, 2.05) is 0 Å². The van der Waals surface area contributed by atoms with Crippen LogP contribution in [0.2, 0.25) is 0 Å². The van der Waals surface area contributed by atoms with Crippen LogP contribution in [-0.2, 0) is 9.59 Å². The molecule has 8 nitrogen and oxygen atoms in total. The SMILES string of the molecule is O=C(O)/C=C/c1c(O)c(O)c(/C=C/C(=O)O)c(O)c1O. The molecule has 0 heterocycles. The number of carboxylic acids is 2. The van der Waals surface area contributed by atoms with Crippen molar-refractivity contribution in [3.05, 3.63) is 23.3 Å². The summed E-state index contributed by atoms with van der Waals surface area (Å²) in [7, 11) is 0. The van der Waals surface area contributed by atoms with Gasteiger partial charge in [0.2, 0.25) is 0 Å². The van der Waals surface area contributed by atoms with Crippen molar-refractivity contribution in [2.24, 2.45) is 0 Å². The quantitative estimate of drug-likeness (QED) is 0.268. The van der Waals surface area contributed by atoms with Crippen molar-refractivity contribution in [3.8, 4) is 23.0 Å². The first kappa shape index (κ1) is 14.9. The van der Waals surface area contributed by atoms with Crippen molar-refractivity contribution in [2.75, 3.05) is 0 Å². The molecular weight excluding hydrogens is 272 g/mol. The molecule has 0 aliphatic heterocycles. The zero-order valence-corrected chi connectivity index (χ0v) is 9.81. The van der Waals surface area contributed by atoms with Gasteiger partial charge in [0.05, 0.1) is 11.1 Å². The van der Waals surface area contributed by atoms with E-state index in [2.05, 4.69) is 0 Å². The molecular formula is C12H10O8. The lowest BCUT2D eigenvalue weighted by Crippen LogP contribution is -1.90. The zero-order valence-electron chi connectivity index (χ0n) is 9.81. The Morgan fingerprint density at radius 2 is 0.900 bits per heavy atom. The molecule has 0 radical (unpaired) electrons. The van der Waals surface area contributed by atoms with Crippen LogP contribution in [0.1, 0.15) is 11.1 Å². The minimum absolute atomic E-state index is 0.519. The van der Waals surface area contributed by atoms with Gasteiger partial charge >= 0.3 is 11.9 Å². The molecule has 0 saturated carbocycles. The van der Waals surface area contributed by atoms with Gasteiger partial charge in [-0.05, 0) is 12.2 Å². The van der Waals surface area contributed by atoms with Gasteiger partial charge in [-0.2, -0.15) is 0 Å². The Morgan fingerprint density at radius 1 is 0.650 bits per heavy atom. The number of carbonyl (C=O) groups is 2. The van der Waals surface area contributed by atoms with Crippen molar-refractivity contribution in [1.82, 2.24) is 0 Å². The van der Waals surface area contributed by atoms with E-state index in [1.54, 1.807) is 0 Å². The predicted octanol–water partition coefficient (Wildman–Crippen LogP) is 0.705. The molecule has 0 aliphatic rings. The summed E-state index contributed by atoms with van der Waals surface area (Å²) >= 11 is 0. The van der Waals surface area contributed by atoms with Gasteiger partial charge in [0.15, 0.2) is 23.0 Å². The second kappa shape index (κ2) is 5.65. The number of benzene rings is 1. The predicted molar refractivity (Wildman–Crippen MR) is 66.4 cm³/mol. The number of carboxylic acid groups (broad SMARTS) is 2. The van der Waals surface area contributed by atoms with Crippen LogP contribution in [0.4, 0.5) is 0 Å². The average molecular weight is 282 g/mol. The third-order valence-electron chi connectivity index (χ3n) is 2.25. The molecule has 8 heteroatoms. The molecule has 0 saturated heterocycles. The van der Waals surface area contributed by atoms with Crippen molar-refractivity contribution in [3.63, 3.8) is 0 Å². The van der Waals surface area contributed by atoms with E-state index < -0.39 is 46.1 Å². The van der Waals surface area contributed by atoms with Gasteiger partial charge in [-0.3, -0.25) is 0 Å². The summed E-state index contributed by atoms with van der Waals surface area (Å²) in [5, 5.41) is 55.3. The topological polar surface area (TPSA) is 156 Å². The molecule has 0 fully saturated rings. The largest absolute Gasteiger partial charge is 0.504 e. The van der Waals surface area contributed by atoms with E-state index in [0.29, 0.717) is 12.2 Å². The molecule has 106 valence electrons. The number of aliphatic carboxylic acids is 2. The summed E-state index contributed by atoms with van der Waals surface area (Å²) in [5.41, 5.74) is -1.04. The molecule has 0 bridgehead atoms. The normalized spacial score (nSPS) is 11.2. The average Bonchev–Trinajstić information content (AvgIpc) is 2.35. The lowest BCUT2D eigenvalue weighted by Gasteiger charge is -2.11. The fourth-order valence-electron chi connectivity index (χ4n) is 1.36. The van der Waals surface area contributed by atoms with Crippen LogP contribution in [0, 0.1) is 0 Å². The lowest BCUT2D eigenvalue weighted by atomic mass is 10.0. The van der Waals surface area contributed by atoms with Gasteiger partial charge in [-0.15, -0.1) is 0 Å². The number of phenols is 4. The van der Waals surface area contributed by atoms with Crippen molar-refractivity contribution in [1.29, 1.82) is 0 Å². The molecule has 0 spiro atoms. The highest BCUT2D eigenvalue weighted by Crippen LogP contribution is 2.47. The molecule has 20 heavy (non-hydrogen) atoms. The Hall–Kier alpha value is -3.16. The third-order valence-corrected chi connectivity index (χ3v) is 2.25. The Bertz CT molecular complexity index is 543. The van der Waals surface area contributed by atoms with Crippen LogP contribution in [-0.4, -0.2) is 42.6 Å². The fourth-order valence-corrected chi connectivity index (χ4v) is 1.36. The van der Waals surface area contributed by atoms with Gasteiger partial charge < -0.3 is 30.6 Å². The van der Waals surface area contributed by atoms with Gasteiger partial charge in [0, 0.05) is 12.2 Å². The van der Waals surface area contributed by atoms with Crippen LogP contribution in [0.15, 0.2) is 12.2 Å². The molecule has 0 atom stereocenters. The minimum atomic E-state index is -1.38. The lowest BCUT2D eigenvalue weighted by molar-refractivity contribution is -0.132. The Balaban J connectivity index is 3.49. The summed E-state index contributed by atoms with van der Waals surface area (Å²) in [6.45, 7) is 0. The summed E-state index contributed by atoms with van der Waals surface area (Å²) in [5.74, 6) is -6.35. The number of phenolic OH excluding ortho intramolecular Hbond substituents is 4. The number of rotatable bonds is 4. The van der Waals surface area contributed by atoms with E-state index in [-0.39, 0.29) is 0 Å². The Labute approximate surface area is 111 Å². The van der Waals surface area contributed by atoms with Crippen LogP contribution in [0.3, 0.4) is 0 Å². The fraction of sp³-hybridized carbons (Fsp3) is 0. The van der Waals surface area contributed by atoms with Crippen LogP contribution in [0.5, 0.6) is 23.0 Å². The van der Waals surface area contributed by atoms with Crippen LogP contribution in [0.25, 0.3) is 12.2 Å². The van der Waals surface area contributed by atoms with E-state index in [9.17, 15) is 30.0 Å². The first-order valence-corrected chi connectivity index (χ1v) is 5.07. The highest BCUT2D eigenvalue weighted by Gasteiger charge is 2.20. The van der Waals surface area contributed by atoms with E-state index in [4.69, 9.17) is 10.2 Å². The third kappa shape index (κ3) is 2.99. The van der Waals surface area contributed by atoms with E-state index in [1.165, 1.54) is 0 Å². The van der Waals surface area contributed by atoms with E-state index in [0.717, 1.165) is 12.2 Å². The molecule has 0 unspecified atom stereocenters. The Kier molecular flexibility index (Phi) is 4.21. The van der Waals surface area contributed by atoms with E-state index >= 15 is 0 Å². The highest BCUT2D eigenvalue weighted by molar-refractivity contribution is 5.91. The highest BCUT2D eigenvalue weighted by atomic mass is 16.4. The molecule has 1 rings (SSSR count). The monoisotopic (exact) mass is 282 g/mol. The number of hydrogen-bond donors (Lipinski definition) is 6. The molecule has 0 amide bonds. The zero-order chi connectivity index (χ0) is 15.4. The second-order valence-corrected chi connectivity index (χ2v) is 3.56. The molecule has 0 aromatic heterocycles. The van der Waals surface area contributed by atoms with Crippen LogP contribution >= 0.6 is 0 Å². The van der Waals surface area contributed by atoms with Crippen molar-refractivity contribution in [2.45, 2.75) is 0 Å². The maximum atomic E-state index is 10.4.